The van der Waals surface area contributed by atoms with E-state index in [9.17, 15) is 5.11 Å². The third-order valence-electron chi connectivity index (χ3n) is 3.86. The fourth-order valence-corrected chi connectivity index (χ4v) is 3.18. The van der Waals surface area contributed by atoms with E-state index >= 15 is 0 Å². The molecular weight excluding hydrogens is 164 g/mol. The second-order valence-electron chi connectivity index (χ2n) is 4.52. The number of ether oxygens (including phenoxy) is 1. The summed E-state index contributed by atoms with van der Waals surface area (Å²) in [5, 5.41) is 10.0. The van der Waals surface area contributed by atoms with Gasteiger partial charge in [-0.25, -0.2) is 0 Å². The SMILES string of the molecule is OC(C1=CCCO1)C1C2CCCC21. The molecule has 0 radical (unpaired) electrons. The molecule has 13 heavy (non-hydrogen) atoms. The van der Waals surface area contributed by atoms with Crippen LogP contribution in [0.1, 0.15) is 25.7 Å². The first-order chi connectivity index (χ1) is 6.38. The zero-order valence-corrected chi connectivity index (χ0v) is 7.78. The van der Waals surface area contributed by atoms with Gasteiger partial charge in [0.05, 0.1) is 6.61 Å². The van der Waals surface area contributed by atoms with E-state index in [0.29, 0.717) is 5.92 Å². The lowest BCUT2D eigenvalue weighted by atomic mass is 10.1. The molecule has 2 aliphatic carbocycles. The Morgan fingerprint density at radius 3 is 2.77 bits per heavy atom. The topological polar surface area (TPSA) is 29.5 Å². The summed E-state index contributed by atoms with van der Waals surface area (Å²) in [5.74, 6) is 3.04. The van der Waals surface area contributed by atoms with Gasteiger partial charge in [-0.05, 0) is 36.7 Å². The Hall–Kier alpha value is -0.500. The van der Waals surface area contributed by atoms with Crippen LogP contribution in [0, 0.1) is 17.8 Å². The molecule has 3 unspecified atom stereocenters. The van der Waals surface area contributed by atoms with Crippen LogP contribution in [0.3, 0.4) is 0 Å². The van der Waals surface area contributed by atoms with Crippen molar-refractivity contribution in [2.75, 3.05) is 6.61 Å². The Morgan fingerprint density at radius 2 is 2.15 bits per heavy atom. The van der Waals surface area contributed by atoms with Crippen molar-refractivity contribution in [2.45, 2.75) is 31.8 Å². The van der Waals surface area contributed by atoms with Crippen LogP contribution in [0.5, 0.6) is 0 Å². The number of aliphatic hydroxyl groups excluding tert-OH is 1. The Labute approximate surface area is 78.6 Å². The Morgan fingerprint density at radius 1 is 1.38 bits per heavy atom. The summed E-state index contributed by atoms with van der Waals surface area (Å²) in [6.07, 6.45) is 6.79. The molecule has 2 fully saturated rings. The largest absolute Gasteiger partial charge is 0.495 e. The van der Waals surface area contributed by atoms with Gasteiger partial charge in [-0.15, -0.1) is 0 Å². The summed E-state index contributed by atoms with van der Waals surface area (Å²) in [5.41, 5.74) is 0. The average molecular weight is 180 g/mol. The van der Waals surface area contributed by atoms with Crippen LogP contribution in [-0.4, -0.2) is 17.8 Å². The number of hydrogen-bond donors (Lipinski definition) is 1. The van der Waals surface area contributed by atoms with Crippen LogP contribution >= 0.6 is 0 Å². The van der Waals surface area contributed by atoms with Crippen LogP contribution < -0.4 is 0 Å². The van der Waals surface area contributed by atoms with Gasteiger partial charge in [-0.3, -0.25) is 0 Å². The highest BCUT2D eigenvalue weighted by Crippen LogP contribution is 2.60. The van der Waals surface area contributed by atoms with Gasteiger partial charge < -0.3 is 9.84 Å². The van der Waals surface area contributed by atoms with Crippen molar-refractivity contribution in [1.82, 2.24) is 0 Å². The summed E-state index contributed by atoms with van der Waals surface area (Å²) < 4.78 is 5.39. The summed E-state index contributed by atoms with van der Waals surface area (Å²) in [7, 11) is 0. The average Bonchev–Trinajstić information content (AvgIpc) is 2.68. The zero-order valence-electron chi connectivity index (χ0n) is 7.78. The van der Waals surface area contributed by atoms with E-state index in [0.717, 1.165) is 30.6 Å². The lowest BCUT2D eigenvalue weighted by Gasteiger charge is -2.13. The zero-order chi connectivity index (χ0) is 8.84. The van der Waals surface area contributed by atoms with E-state index < -0.39 is 0 Å². The maximum Gasteiger partial charge on any atom is 0.121 e. The number of fused-ring (bicyclic) bond motifs is 1. The van der Waals surface area contributed by atoms with Gasteiger partial charge in [0, 0.05) is 6.42 Å². The van der Waals surface area contributed by atoms with Crippen LogP contribution in [0.15, 0.2) is 11.8 Å². The highest BCUT2D eigenvalue weighted by atomic mass is 16.5. The van der Waals surface area contributed by atoms with Gasteiger partial charge in [0.1, 0.15) is 11.9 Å². The Bertz CT molecular complexity index is 236. The molecule has 0 saturated heterocycles. The third kappa shape index (κ3) is 1.12. The van der Waals surface area contributed by atoms with Gasteiger partial charge in [-0.1, -0.05) is 6.42 Å². The van der Waals surface area contributed by atoms with Gasteiger partial charge in [0.25, 0.3) is 0 Å². The molecule has 1 aliphatic heterocycles. The molecule has 2 heteroatoms. The van der Waals surface area contributed by atoms with Crippen molar-refractivity contribution in [3.8, 4) is 0 Å². The third-order valence-corrected chi connectivity index (χ3v) is 3.86. The lowest BCUT2D eigenvalue weighted by molar-refractivity contribution is 0.0931. The minimum atomic E-state index is -0.280. The molecule has 3 aliphatic rings. The van der Waals surface area contributed by atoms with Crippen LogP contribution in [0.2, 0.25) is 0 Å². The Balaban J connectivity index is 1.66. The van der Waals surface area contributed by atoms with Crippen molar-refractivity contribution >= 4 is 0 Å². The monoisotopic (exact) mass is 180 g/mol. The second kappa shape index (κ2) is 2.74. The van der Waals surface area contributed by atoms with Gasteiger partial charge >= 0.3 is 0 Å². The molecule has 2 saturated carbocycles. The van der Waals surface area contributed by atoms with E-state index in [1.54, 1.807) is 0 Å². The number of rotatable bonds is 2. The van der Waals surface area contributed by atoms with Gasteiger partial charge in [0.2, 0.25) is 0 Å². The molecule has 1 heterocycles. The molecule has 3 rings (SSSR count). The van der Waals surface area contributed by atoms with E-state index in [2.05, 4.69) is 6.08 Å². The minimum absolute atomic E-state index is 0.280. The molecule has 0 aromatic heterocycles. The van der Waals surface area contributed by atoms with E-state index in [1.165, 1.54) is 19.3 Å². The molecule has 2 nitrogen and oxygen atoms in total. The van der Waals surface area contributed by atoms with E-state index in [1.807, 2.05) is 0 Å². The molecule has 0 spiro atoms. The highest BCUT2D eigenvalue weighted by molar-refractivity contribution is 5.15. The van der Waals surface area contributed by atoms with Crippen molar-refractivity contribution in [2.24, 2.45) is 17.8 Å². The summed E-state index contributed by atoms with van der Waals surface area (Å²) >= 11 is 0. The molecule has 0 aromatic carbocycles. The smallest absolute Gasteiger partial charge is 0.121 e. The predicted octanol–water partition coefficient (Wildman–Crippen LogP) is 1.70. The molecule has 0 aromatic rings. The first-order valence-corrected chi connectivity index (χ1v) is 5.39. The van der Waals surface area contributed by atoms with Gasteiger partial charge in [0.15, 0.2) is 0 Å². The molecule has 1 N–H and O–H groups in total. The molecule has 72 valence electrons. The fourth-order valence-electron chi connectivity index (χ4n) is 3.18. The normalized spacial score (nSPS) is 43.8. The van der Waals surface area contributed by atoms with Crippen LogP contribution in [-0.2, 0) is 4.74 Å². The van der Waals surface area contributed by atoms with Crippen LogP contribution in [0.25, 0.3) is 0 Å². The molecular formula is C11H16O2. The molecule has 0 bridgehead atoms. The van der Waals surface area contributed by atoms with E-state index in [-0.39, 0.29) is 6.10 Å². The predicted molar refractivity (Wildman–Crippen MR) is 49.0 cm³/mol. The molecule has 0 amide bonds. The lowest BCUT2D eigenvalue weighted by Crippen LogP contribution is -2.16. The Kier molecular flexibility index (Phi) is 1.66. The van der Waals surface area contributed by atoms with Crippen molar-refractivity contribution < 1.29 is 9.84 Å². The minimum Gasteiger partial charge on any atom is -0.495 e. The quantitative estimate of drug-likeness (QED) is 0.700. The number of hydrogen-bond acceptors (Lipinski definition) is 2. The van der Waals surface area contributed by atoms with E-state index in [4.69, 9.17) is 4.74 Å². The van der Waals surface area contributed by atoms with Crippen LogP contribution in [0.4, 0.5) is 0 Å². The van der Waals surface area contributed by atoms with Crippen molar-refractivity contribution in [3.05, 3.63) is 11.8 Å². The maximum absolute atomic E-state index is 10.0. The highest BCUT2D eigenvalue weighted by Gasteiger charge is 2.56. The molecule has 3 atom stereocenters. The summed E-state index contributed by atoms with van der Waals surface area (Å²) in [6, 6.07) is 0. The summed E-state index contributed by atoms with van der Waals surface area (Å²) in [4.78, 5) is 0. The first-order valence-electron chi connectivity index (χ1n) is 5.39. The first kappa shape index (κ1) is 7.86. The fraction of sp³-hybridized carbons (Fsp3) is 0.818. The second-order valence-corrected chi connectivity index (χ2v) is 4.52. The van der Waals surface area contributed by atoms with Gasteiger partial charge in [-0.2, -0.15) is 0 Å². The summed E-state index contributed by atoms with van der Waals surface area (Å²) in [6.45, 7) is 0.772. The number of aliphatic hydroxyl groups is 1. The van der Waals surface area contributed by atoms with Crippen molar-refractivity contribution in [3.63, 3.8) is 0 Å². The maximum atomic E-state index is 10.0. The van der Waals surface area contributed by atoms with Crippen molar-refractivity contribution in [1.29, 1.82) is 0 Å². The standard InChI is InChI=1S/C11H16O2/c12-11(9-5-2-6-13-9)10-7-3-1-4-8(7)10/h5,7-8,10-12H,1-4,6H2.